The van der Waals surface area contributed by atoms with E-state index in [1.54, 1.807) is 27.7 Å². The molecule has 4 atom stereocenters. The van der Waals surface area contributed by atoms with Gasteiger partial charge in [-0.05, 0) is 11.8 Å². The first-order valence-electron chi connectivity index (χ1n) is 8.98. The van der Waals surface area contributed by atoms with E-state index >= 15 is 0 Å². The van der Waals surface area contributed by atoms with Crippen LogP contribution >= 0.6 is 0 Å². The third-order valence-electron chi connectivity index (χ3n) is 4.19. The number of nitrogens with one attached hydrogen (secondary N) is 3. The van der Waals surface area contributed by atoms with Gasteiger partial charge in [0.1, 0.15) is 18.6 Å². The fourth-order valence-electron chi connectivity index (χ4n) is 2.29. The second-order valence-corrected chi connectivity index (χ2v) is 6.92. The maximum absolute atomic E-state index is 12.7. The predicted molar refractivity (Wildman–Crippen MR) is 99.0 cm³/mol. The van der Waals surface area contributed by atoms with E-state index in [4.69, 9.17) is 15.9 Å². The lowest BCUT2D eigenvalue weighted by Crippen LogP contribution is -2.59. The average molecular weight is 402 g/mol. The molecular weight excluding hydrogens is 372 g/mol. The van der Waals surface area contributed by atoms with Crippen molar-refractivity contribution in [2.24, 2.45) is 17.6 Å². The Morgan fingerprint density at radius 2 is 1.39 bits per heavy atom. The summed E-state index contributed by atoms with van der Waals surface area (Å²) in [5.41, 5.74) is 5.53. The first-order valence-corrected chi connectivity index (χ1v) is 8.98. The molecule has 0 aliphatic rings. The minimum atomic E-state index is -1.32. The Bertz CT molecular complexity index is 594. The van der Waals surface area contributed by atoms with Gasteiger partial charge in [-0.2, -0.15) is 0 Å². The van der Waals surface area contributed by atoms with Crippen molar-refractivity contribution in [2.75, 3.05) is 6.54 Å². The number of hydrogen-bond donors (Lipinski definition) is 6. The first kappa shape index (κ1) is 25.3. The van der Waals surface area contributed by atoms with E-state index in [2.05, 4.69) is 16.0 Å². The number of carboxylic acid groups (broad SMARTS) is 2. The fourth-order valence-corrected chi connectivity index (χ4v) is 2.29. The quantitative estimate of drug-likeness (QED) is 0.231. The van der Waals surface area contributed by atoms with Gasteiger partial charge in [0, 0.05) is 0 Å². The van der Waals surface area contributed by atoms with Gasteiger partial charge in [0.15, 0.2) is 0 Å². The minimum Gasteiger partial charge on any atom is -0.481 e. The predicted octanol–water partition coefficient (Wildman–Crippen LogP) is -1.34. The molecular formula is C17H30N4O7. The molecule has 0 aromatic carbocycles. The van der Waals surface area contributed by atoms with Crippen LogP contribution in [0, 0.1) is 11.8 Å². The summed E-state index contributed by atoms with van der Waals surface area (Å²) < 4.78 is 0. The van der Waals surface area contributed by atoms with Gasteiger partial charge in [-0.15, -0.1) is 0 Å². The van der Waals surface area contributed by atoms with E-state index in [1.807, 2.05) is 0 Å². The van der Waals surface area contributed by atoms with Gasteiger partial charge in [0.2, 0.25) is 17.7 Å². The van der Waals surface area contributed by atoms with Crippen molar-refractivity contribution in [3.8, 4) is 0 Å². The molecule has 0 aliphatic carbocycles. The van der Waals surface area contributed by atoms with E-state index in [9.17, 15) is 24.0 Å². The Kier molecular flexibility index (Phi) is 10.8. The molecule has 160 valence electrons. The lowest BCUT2D eigenvalue weighted by atomic mass is 9.96. The highest BCUT2D eigenvalue weighted by Crippen LogP contribution is 2.10. The molecule has 0 aromatic heterocycles. The molecule has 11 nitrogen and oxygen atoms in total. The Morgan fingerprint density at radius 1 is 0.857 bits per heavy atom. The molecule has 7 N–H and O–H groups in total. The van der Waals surface area contributed by atoms with Crippen molar-refractivity contribution in [3.05, 3.63) is 0 Å². The molecule has 0 aliphatic heterocycles. The zero-order valence-electron chi connectivity index (χ0n) is 16.5. The summed E-state index contributed by atoms with van der Waals surface area (Å²) in [7, 11) is 0. The molecule has 4 unspecified atom stereocenters. The number of rotatable bonds is 12. The van der Waals surface area contributed by atoms with Crippen LogP contribution in [0.3, 0.4) is 0 Å². The zero-order chi connectivity index (χ0) is 22.0. The average Bonchev–Trinajstić information content (AvgIpc) is 2.59. The standard InChI is InChI=1S/C17H30N4O7/c1-5-9(4)14(21-15(26)10(18)6-11(22)23)17(28)20-13(8(2)3)16(27)19-7-12(24)25/h8-10,13-14H,5-7,18H2,1-4H3,(H,19,27)(H,20,28)(H,21,26)(H,22,23)(H,24,25). The molecule has 0 fully saturated rings. The second-order valence-electron chi connectivity index (χ2n) is 6.92. The number of aliphatic carboxylic acids is 2. The molecule has 0 bridgehead atoms. The second kappa shape index (κ2) is 11.9. The summed E-state index contributed by atoms with van der Waals surface area (Å²) >= 11 is 0. The Hall–Kier alpha value is -2.69. The van der Waals surface area contributed by atoms with Crippen LogP contribution in [0.2, 0.25) is 0 Å². The molecule has 28 heavy (non-hydrogen) atoms. The summed E-state index contributed by atoms with van der Waals surface area (Å²) in [6.45, 7) is 6.26. The molecule has 0 spiro atoms. The highest BCUT2D eigenvalue weighted by atomic mass is 16.4. The van der Waals surface area contributed by atoms with E-state index in [1.165, 1.54) is 0 Å². The van der Waals surface area contributed by atoms with Crippen molar-refractivity contribution < 1.29 is 34.2 Å². The van der Waals surface area contributed by atoms with Crippen LogP contribution in [-0.2, 0) is 24.0 Å². The Balaban J connectivity index is 5.26. The van der Waals surface area contributed by atoms with Crippen molar-refractivity contribution in [3.63, 3.8) is 0 Å². The van der Waals surface area contributed by atoms with Crippen LogP contribution in [0.1, 0.15) is 40.5 Å². The summed E-state index contributed by atoms with van der Waals surface area (Å²) in [6, 6.07) is -3.37. The molecule has 0 rings (SSSR count). The highest BCUT2D eigenvalue weighted by Gasteiger charge is 2.32. The smallest absolute Gasteiger partial charge is 0.322 e. The number of carbonyl (C=O) groups is 5. The molecule has 11 heteroatoms. The Labute approximate surface area is 163 Å². The van der Waals surface area contributed by atoms with Gasteiger partial charge in [0.05, 0.1) is 12.5 Å². The fraction of sp³-hybridized carbons (Fsp3) is 0.706. The molecule has 0 aromatic rings. The van der Waals surface area contributed by atoms with Crippen molar-refractivity contribution >= 4 is 29.7 Å². The minimum absolute atomic E-state index is 0.323. The molecule has 0 saturated heterocycles. The van der Waals surface area contributed by atoms with Crippen LogP contribution in [0.4, 0.5) is 0 Å². The van der Waals surface area contributed by atoms with E-state index in [0.717, 1.165) is 0 Å². The third kappa shape index (κ3) is 8.80. The highest BCUT2D eigenvalue weighted by molar-refractivity contribution is 5.94. The number of nitrogens with two attached hydrogens (primary N) is 1. The van der Waals surface area contributed by atoms with Crippen LogP contribution in [0.25, 0.3) is 0 Å². The third-order valence-corrected chi connectivity index (χ3v) is 4.19. The monoisotopic (exact) mass is 402 g/mol. The number of hydrogen-bond acceptors (Lipinski definition) is 6. The van der Waals surface area contributed by atoms with Crippen LogP contribution in [0.5, 0.6) is 0 Å². The molecule has 0 radical (unpaired) electrons. The SMILES string of the molecule is CCC(C)C(NC(=O)C(N)CC(=O)O)C(=O)NC(C(=O)NCC(=O)O)C(C)C. The van der Waals surface area contributed by atoms with Gasteiger partial charge >= 0.3 is 11.9 Å². The van der Waals surface area contributed by atoms with Crippen LogP contribution in [0.15, 0.2) is 0 Å². The number of amides is 3. The first-order chi connectivity index (χ1) is 12.9. The lowest BCUT2D eigenvalue weighted by Gasteiger charge is -2.28. The van der Waals surface area contributed by atoms with Gasteiger partial charge in [-0.3, -0.25) is 24.0 Å². The van der Waals surface area contributed by atoms with Gasteiger partial charge in [0.25, 0.3) is 0 Å². The lowest BCUT2D eigenvalue weighted by molar-refractivity contribution is -0.140. The van der Waals surface area contributed by atoms with Crippen LogP contribution in [-0.4, -0.2) is 64.5 Å². The van der Waals surface area contributed by atoms with E-state index in [0.29, 0.717) is 6.42 Å². The number of carboxylic acids is 2. The van der Waals surface area contributed by atoms with E-state index in [-0.39, 0.29) is 11.8 Å². The summed E-state index contributed by atoms with van der Waals surface area (Å²) in [4.78, 5) is 58.3. The summed E-state index contributed by atoms with van der Waals surface area (Å²) in [5, 5.41) is 24.6. The topological polar surface area (TPSA) is 188 Å². The van der Waals surface area contributed by atoms with Crippen molar-refractivity contribution in [2.45, 2.75) is 58.7 Å². The van der Waals surface area contributed by atoms with Crippen LogP contribution < -0.4 is 21.7 Å². The molecule has 0 saturated carbocycles. The molecule has 3 amide bonds. The Morgan fingerprint density at radius 3 is 1.82 bits per heavy atom. The number of carbonyl (C=O) groups excluding carboxylic acids is 3. The van der Waals surface area contributed by atoms with Crippen molar-refractivity contribution in [1.82, 2.24) is 16.0 Å². The molecule has 0 heterocycles. The van der Waals surface area contributed by atoms with Crippen molar-refractivity contribution in [1.29, 1.82) is 0 Å². The maximum atomic E-state index is 12.7. The largest absolute Gasteiger partial charge is 0.481 e. The summed E-state index contributed by atoms with van der Waals surface area (Å²) in [5.74, 6) is -5.24. The van der Waals surface area contributed by atoms with Gasteiger partial charge in [-0.25, -0.2) is 0 Å². The zero-order valence-corrected chi connectivity index (χ0v) is 16.5. The van der Waals surface area contributed by atoms with Gasteiger partial charge in [-0.1, -0.05) is 34.1 Å². The normalized spacial score (nSPS) is 15.1. The van der Waals surface area contributed by atoms with Gasteiger partial charge < -0.3 is 31.9 Å². The van der Waals surface area contributed by atoms with E-state index < -0.39 is 60.8 Å². The summed E-state index contributed by atoms with van der Waals surface area (Å²) in [6.07, 6.45) is -0.0724. The maximum Gasteiger partial charge on any atom is 0.322 e.